The van der Waals surface area contributed by atoms with Crippen molar-refractivity contribution in [2.45, 2.75) is 20.4 Å². The predicted octanol–water partition coefficient (Wildman–Crippen LogP) is 0.920. The highest BCUT2D eigenvalue weighted by Crippen LogP contribution is 2.14. The minimum absolute atomic E-state index is 0.560. The van der Waals surface area contributed by atoms with Crippen LogP contribution in [0.25, 0.3) is 0 Å². The summed E-state index contributed by atoms with van der Waals surface area (Å²) in [6.45, 7) is 4.40. The Morgan fingerprint density at radius 2 is 1.93 bits per heavy atom. The summed E-state index contributed by atoms with van der Waals surface area (Å²) >= 11 is 0. The van der Waals surface area contributed by atoms with Crippen molar-refractivity contribution in [3.8, 4) is 0 Å². The van der Waals surface area contributed by atoms with Gasteiger partial charge in [0.25, 0.3) is 0 Å². The van der Waals surface area contributed by atoms with Gasteiger partial charge in [-0.25, -0.2) is 9.97 Å². The molecule has 0 aliphatic rings. The lowest BCUT2D eigenvalue weighted by Crippen LogP contribution is -2.07. The number of aryl methyl sites for hydroxylation is 1. The van der Waals surface area contributed by atoms with Gasteiger partial charge in [-0.1, -0.05) is 0 Å². The summed E-state index contributed by atoms with van der Waals surface area (Å²) in [4.78, 5) is 8.28. The summed E-state index contributed by atoms with van der Waals surface area (Å²) in [5, 5.41) is 4.32. The van der Waals surface area contributed by atoms with Crippen LogP contribution >= 0.6 is 0 Å². The van der Waals surface area contributed by atoms with Crippen LogP contribution in [-0.4, -0.2) is 19.7 Å². The number of nitrogens with zero attached hydrogens (tertiary/aromatic N) is 4. The number of aromatic nitrogens is 4. The second-order valence-corrected chi connectivity index (χ2v) is 3.41. The summed E-state index contributed by atoms with van der Waals surface area (Å²) in [5.41, 5.74) is 8.38. The molecule has 0 unspecified atom stereocenters. The van der Waals surface area contributed by atoms with E-state index in [2.05, 4.69) is 15.1 Å². The van der Waals surface area contributed by atoms with E-state index in [0.717, 1.165) is 22.9 Å². The average molecular weight is 203 g/mol. The van der Waals surface area contributed by atoms with Crippen molar-refractivity contribution in [1.82, 2.24) is 19.7 Å². The molecular formula is C10H13N5. The number of nitrogens with two attached hydrogens (primary N) is 1. The third-order valence-electron chi connectivity index (χ3n) is 2.35. The Morgan fingerprint density at radius 3 is 2.47 bits per heavy atom. The molecule has 0 spiro atoms. The van der Waals surface area contributed by atoms with Gasteiger partial charge in [-0.05, 0) is 19.9 Å². The zero-order valence-electron chi connectivity index (χ0n) is 8.81. The molecule has 0 saturated heterocycles. The van der Waals surface area contributed by atoms with Crippen molar-refractivity contribution in [2.75, 3.05) is 5.73 Å². The molecule has 2 aromatic heterocycles. The van der Waals surface area contributed by atoms with Crippen molar-refractivity contribution in [3.05, 3.63) is 35.7 Å². The number of hydrogen-bond donors (Lipinski definition) is 1. The molecule has 0 aliphatic carbocycles. The second-order valence-electron chi connectivity index (χ2n) is 3.41. The van der Waals surface area contributed by atoms with E-state index in [1.165, 1.54) is 0 Å². The van der Waals surface area contributed by atoms with Crippen LogP contribution < -0.4 is 5.73 Å². The first-order valence-electron chi connectivity index (χ1n) is 4.74. The van der Waals surface area contributed by atoms with Crippen molar-refractivity contribution in [2.24, 2.45) is 0 Å². The lowest BCUT2D eigenvalue weighted by molar-refractivity contribution is 0.632. The molecule has 2 aromatic rings. The minimum atomic E-state index is 0.560. The summed E-state index contributed by atoms with van der Waals surface area (Å²) < 4.78 is 1.82. The van der Waals surface area contributed by atoms with Gasteiger partial charge < -0.3 is 5.73 Å². The number of hydrogen-bond acceptors (Lipinski definition) is 4. The Labute approximate surface area is 88.0 Å². The topological polar surface area (TPSA) is 69.6 Å². The highest BCUT2D eigenvalue weighted by molar-refractivity contribution is 5.46. The molecule has 0 aliphatic heterocycles. The van der Waals surface area contributed by atoms with Gasteiger partial charge in [0.15, 0.2) is 0 Å². The van der Waals surface area contributed by atoms with Crippen molar-refractivity contribution >= 4 is 5.69 Å². The summed E-state index contributed by atoms with van der Waals surface area (Å²) in [6.07, 6.45) is 3.44. The maximum Gasteiger partial charge on any atom is 0.149 e. The molecule has 15 heavy (non-hydrogen) atoms. The first kappa shape index (κ1) is 9.64. The van der Waals surface area contributed by atoms with Crippen LogP contribution in [0.15, 0.2) is 18.5 Å². The van der Waals surface area contributed by atoms with Gasteiger partial charge in [-0.3, -0.25) is 4.68 Å². The van der Waals surface area contributed by atoms with Gasteiger partial charge in [-0.15, -0.1) is 0 Å². The third kappa shape index (κ3) is 1.81. The van der Waals surface area contributed by atoms with Gasteiger partial charge in [0.1, 0.15) is 12.4 Å². The Kier molecular flexibility index (Phi) is 2.37. The Bertz CT molecular complexity index is 460. The molecule has 0 amide bonds. The van der Waals surface area contributed by atoms with Crippen LogP contribution in [0.5, 0.6) is 0 Å². The number of anilines is 1. The molecule has 2 rings (SSSR count). The van der Waals surface area contributed by atoms with Crippen LogP contribution in [0.1, 0.15) is 17.2 Å². The summed E-state index contributed by atoms with van der Waals surface area (Å²) in [5.74, 6) is 0.739. The van der Waals surface area contributed by atoms with Crippen LogP contribution in [0.2, 0.25) is 0 Å². The fourth-order valence-corrected chi connectivity index (χ4v) is 1.41. The van der Waals surface area contributed by atoms with E-state index < -0.39 is 0 Å². The van der Waals surface area contributed by atoms with Gasteiger partial charge in [0, 0.05) is 12.4 Å². The van der Waals surface area contributed by atoms with E-state index >= 15 is 0 Å². The third-order valence-corrected chi connectivity index (χ3v) is 2.35. The average Bonchev–Trinajstić information content (AvgIpc) is 2.48. The maximum absolute atomic E-state index is 5.83. The summed E-state index contributed by atoms with van der Waals surface area (Å²) in [6, 6.07) is 1.79. The lowest BCUT2D eigenvalue weighted by atomic mass is 10.3. The standard InChI is InChI=1S/C10H13N5/c1-7-10(11)8(2)15(14-7)6-9-12-4-3-5-13-9/h3-5H,6,11H2,1-2H3. The van der Waals surface area contributed by atoms with Gasteiger partial charge in [-0.2, -0.15) is 5.10 Å². The minimum Gasteiger partial charge on any atom is -0.396 e. The Balaban J connectivity index is 2.29. The number of rotatable bonds is 2. The molecule has 0 fully saturated rings. The van der Waals surface area contributed by atoms with Crippen molar-refractivity contribution in [3.63, 3.8) is 0 Å². The highest BCUT2D eigenvalue weighted by atomic mass is 15.3. The van der Waals surface area contributed by atoms with E-state index in [4.69, 9.17) is 5.73 Å². The molecular weight excluding hydrogens is 190 g/mol. The fourth-order valence-electron chi connectivity index (χ4n) is 1.41. The molecule has 0 atom stereocenters. The molecule has 2 N–H and O–H groups in total. The number of nitrogen functional groups attached to an aromatic ring is 1. The first-order valence-corrected chi connectivity index (χ1v) is 4.74. The van der Waals surface area contributed by atoms with Crippen molar-refractivity contribution in [1.29, 1.82) is 0 Å². The Morgan fingerprint density at radius 1 is 1.27 bits per heavy atom. The van der Waals surface area contributed by atoms with E-state index in [9.17, 15) is 0 Å². The van der Waals surface area contributed by atoms with Crippen LogP contribution in [0.4, 0.5) is 5.69 Å². The zero-order chi connectivity index (χ0) is 10.8. The van der Waals surface area contributed by atoms with E-state index in [1.807, 2.05) is 18.5 Å². The maximum atomic E-state index is 5.83. The Hall–Kier alpha value is -1.91. The van der Waals surface area contributed by atoms with Gasteiger partial charge in [0.2, 0.25) is 0 Å². The smallest absolute Gasteiger partial charge is 0.149 e. The highest BCUT2D eigenvalue weighted by Gasteiger charge is 2.08. The SMILES string of the molecule is Cc1nn(Cc2ncccn2)c(C)c1N. The fraction of sp³-hybridized carbons (Fsp3) is 0.300. The molecule has 0 radical (unpaired) electrons. The molecule has 5 nitrogen and oxygen atoms in total. The largest absolute Gasteiger partial charge is 0.396 e. The monoisotopic (exact) mass is 203 g/mol. The molecule has 0 bridgehead atoms. The van der Waals surface area contributed by atoms with Crippen LogP contribution in [0.3, 0.4) is 0 Å². The molecule has 0 aromatic carbocycles. The van der Waals surface area contributed by atoms with Gasteiger partial charge in [0.05, 0.1) is 17.1 Å². The molecule has 2 heterocycles. The summed E-state index contributed by atoms with van der Waals surface area (Å²) in [7, 11) is 0. The molecule has 5 heteroatoms. The zero-order valence-corrected chi connectivity index (χ0v) is 8.81. The quantitative estimate of drug-likeness (QED) is 0.788. The second kappa shape index (κ2) is 3.68. The first-order chi connectivity index (χ1) is 7.18. The lowest BCUT2D eigenvalue weighted by Gasteiger charge is -2.02. The van der Waals surface area contributed by atoms with Gasteiger partial charge >= 0.3 is 0 Å². The van der Waals surface area contributed by atoms with Crippen molar-refractivity contribution < 1.29 is 0 Å². The normalized spacial score (nSPS) is 10.5. The van der Waals surface area contributed by atoms with Crippen LogP contribution in [0, 0.1) is 13.8 Å². The molecule has 0 saturated carbocycles. The predicted molar refractivity (Wildman–Crippen MR) is 57.2 cm³/mol. The van der Waals surface area contributed by atoms with Crippen LogP contribution in [-0.2, 0) is 6.54 Å². The van der Waals surface area contributed by atoms with E-state index in [-0.39, 0.29) is 0 Å². The van der Waals surface area contributed by atoms with E-state index in [1.54, 1.807) is 18.5 Å². The molecule has 78 valence electrons. The van der Waals surface area contributed by atoms with E-state index in [0.29, 0.717) is 6.54 Å².